The molecule has 0 unspecified atom stereocenters. The highest BCUT2D eigenvalue weighted by Gasteiger charge is 2.50. The Kier molecular flexibility index (Phi) is 6.39. The number of benzene rings is 3. The predicted molar refractivity (Wildman–Crippen MR) is 151 cm³/mol. The molecule has 6 rings (SSSR count). The topological polar surface area (TPSA) is 95.5 Å². The maximum Gasteiger partial charge on any atom is 0.352 e. The standard InChI is InChI=1S/C30H30N4O5S/c1-4-39-26-19-31-29(35)33(23-8-6-5-7-9-23)30(36)34(31)25-18-32(40(37,38)24-16-12-21(3)13-17-24)28(27(25)26)22-14-10-20(2)11-15-22/h5-17,25,28H,4,18-19H2,1-3H3/t25-,28+/m1/s1. The Hall–Kier alpha value is -4.15. The number of para-hydroxylation sites is 1. The minimum atomic E-state index is -4.00. The Labute approximate surface area is 232 Å². The molecular formula is C30H30N4O5S. The Morgan fingerprint density at radius 3 is 2.10 bits per heavy atom. The number of nitrogens with zero attached hydrogens (tertiary/aromatic N) is 4. The molecule has 40 heavy (non-hydrogen) atoms. The summed E-state index contributed by atoms with van der Waals surface area (Å²) >= 11 is 0. The summed E-state index contributed by atoms with van der Waals surface area (Å²) in [5, 5.41) is 0. The molecule has 0 saturated carbocycles. The van der Waals surface area contributed by atoms with Crippen LogP contribution in [0.15, 0.2) is 105 Å². The van der Waals surface area contributed by atoms with E-state index in [-0.39, 0.29) is 18.0 Å². The summed E-state index contributed by atoms with van der Waals surface area (Å²) in [4.78, 5) is 27.6. The van der Waals surface area contributed by atoms with Gasteiger partial charge in [0, 0.05) is 12.1 Å². The zero-order chi connectivity index (χ0) is 28.2. The van der Waals surface area contributed by atoms with Gasteiger partial charge in [-0.15, -0.1) is 0 Å². The average Bonchev–Trinajstić information content (AvgIpc) is 3.46. The predicted octanol–water partition coefficient (Wildman–Crippen LogP) is 3.71. The zero-order valence-corrected chi connectivity index (χ0v) is 23.3. The van der Waals surface area contributed by atoms with Gasteiger partial charge in [0.15, 0.2) is 0 Å². The monoisotopic (exact) mass is 558 g/mol. The fraction of sp³-hybridized carbons (Fsp3) is 0.267. The van der Waals surface area contributed by atoms with E-state index in [0.717, 1.165) is 21.3 Å². The molecule has 2 atom stereocenters. The highest BCUT2D eigenvalue weighted by Crippen LogP contribution is 2.48. The first-order valence-corrected chi connectivity index (χ1v) is 14.7. The first kappa shape index (κ1) is 26.1. The fourth-order valence-corrected chi connectivity index (χ4v) is 7.31. The van der Waals surface area contributed by atoms with Crippen molar-refractivity contribution in [3.63, 3.8) is 0 Å². The lowest BCUT2D eigenvalue weighted by molar-refractivity contribution is 0.183. The minimum Gasteiger partial charge on any atom is -0.496 e. The number of aryl methyl sites for hydroxylation is 2. The third kappa shape index (κ3) is 4.06. The molecular weight excluding hydrogens is 528 g/mol. The number of hydrogen-bond acceptors (Lipinski definition) is 5. The van der Waals surface area contributed by atoms with Crippen molar-refractivity contribution in [1.29, 1.82) is 0 Å². The molecule has 0 bridgehead atoms. The van der Waals surface area contributed by atoms with E-state index in [4.69, 9.17) is 4.74 Å². The van der Waals surface area contributed by atoms with E-state index in [0.29, 0.717) is 23.6 Å². The van der Waals surface area contributed by atoms with Gasteiger partial charge in [0.25, 0.3) is 0 Å². The van der Waals surface area contributed by atoms with Crippen LogP contribution in [-0.2, 0) is 21.3 Å². The maximum absolute atomic E-state index is 14.2. The Bertz CT molecular complexity index is 1830. The molecule has 9 nitrogen and oxygen atoms in total. The second-order valence-electron chi connectivity index (χ2n) is 10.2. The summed E-state index contributed by atoms with van der Waals surface area (Å²) in [5.41, 5.74) is 2.85. The van der Waals surface area contributed by atoms with E-state index in [1.807, 2.05) is 51.1 Å². The molecule has 1 fully saturated rings. The smallest absolute Gasteiger partial charge is 0.352 e. The van der Waals surface area contributed by atoms with Gasteiger partial charge in [-0.25, -0.2) is 31.9 Å². The van der Waals surface area contributed by atoms with Crippen LogP contribution < -0.4 is 11.4 Å². The summed E-state index contributed by atoms with van der Waals surface area (Å²) in [6.07, 6.45) is 0. The molecule has 10 heteroatoms. The molecule has 1 aromatic heterocycles. The molecule has 2 aliphatic rings. The highest BCUT2D eigenvalue weighted by atomic mass is 32.2. The van der Waals surface area contributed by atoms with Gasteiger partial charge in [-0.3, -0.25) is 0 Å². The number of fused-ring (bicyclic) bond motifs is 3. The van der Waals surface area contributed by atoms with Gasteiger partial charge < -0.3 is 4.74 Å². The van der Waals surface area contributed by atoms with Gasteiger partial charge in [-0.05, 0) is 50.6 Å². The van der Waals surface area contributed by atoms with Crippen molar-refractivity contribution < 1.29 is 13.2 Å². The molecule has 0 aliphatic carbocycles. The van der Waals surface area contributed by atoms with Gasteiger partial charge >= 0.3 is 11.4 Å². The summed E-state index contributed by atoms with van der Waals surface area (Å²) in [6.45, 7) is 6.04. The third-order valence-corrected chi connectivity index (χ3v) is 9.46. The first-order valence-electron chi connectivity index (χ1n) is 13.2. The lowest BCUT2D eigenvalue weighted by Crippen LogP contribution is -2.37. The van der Waals surface area contributed by atoms with Gasteiger partial charge in [0.05, 0.1) is 29.3 Å². The molecule has 0 radical (unpaired) electrons. The summed E-state index contributed by atoms with van der Waals surface area (Å²) in [7, 11) is -4.00. The molecule has 206 valence electrons. The van der Waals surface area contributed by atoms with Gasteiger partial charge in [-0.1, -0.05) is 65.7 Å². The van der Waals surface area contributed by atoms with Crippen LogP contribution in [0.4, 0.5) is 0 Å². The van der Waals surface area contributed by atoms with Crippen LogP contribution in [0.5, 0.6) is 0 Å². The first-order chi connectivity index (χ1) is 19.2. The van der Waals surface area contributed by atoms with Crippen molar-refractivity contribution in [2.24, 2.45) is 0 Å². The molecule has 0 spiro atoms. The van der Waals surface area contributed by atoms with Crippen LogP contribution in [-0.4, -0.2) is 39.8 Å². The molecule has 0 N–H and O–H groups in total. The molecule has 2 aliphatic heterocycles. The number of sulfonamides is 1. The van der Waals surface area contributed by atoms with E-state index in [2.05, 4.69) is 0 Å². The Morgan fingerprint density at radius 2 is 1.48 bits per heavy atom. The lowest BCUT2D eigenvalue weighted by Gasteiger charge is -2.29. The molecule has 3 aromatic carbocycles. The van der Waals surface area contributed by atoms with Crippen molar-refractivity contribution in [3.8, 4) is 5.69 Å². The van der Waals surface area contributed by atoms with Crippen LogP contribution in [0.2, 0.25) is 0 Å². The van der Waals surface area contributed by atoms with E-state index in [1.165, 1.54) is 13.7 Å². The van der Waals surface area contributed by atoms with E-state index in [1.54, 1.807) is 48.5 Å². The molecule has 3 heterocycles. The van der Waals surface area contributed by atoms with E-state index < -0.39 is 33.5 Å². The largest absolute Gasteiger partial charge is 0.496 e. The minimum absolute atomic E-state index is 0.0222. The van der Waals surface area contributed by atoms with Crippen LogP contribution >= 0.6 is 0 Å². The van der Waals surface area contributed by atoms with E-state index in [9.17, 15) is 18.0 Å². The van der Waals surface area contributed by atoms with Crippen molar-refractivity contribution in [2.75, 3.05) is 13.2 Å². The van der Waals surface area contributed by atoms with Crippen LogP contribution in [0.25, 0.3) is 5.69 Å². The Balaban J connectivity index is 1.59. The van der Waals surface area contributed by atoms with Crippen LogP contribution in [0.1, 0.15) is 35.7 Å². The summed E-state index contributed by atoms with van der Waals surface area (Å²) in [6, 6.07) is 21.7. The number of allylic oxidation sites excluding steroid dienone is 1. The number of hydrogen-bond donors (Lipinski definition) is 0. The van der Waals surface area contributed by atoms with Crippen LogP contribution in [0, 0.1) is 13.8 Å². The molecule has 4 aromatic rings. The third-order valence-electron chi connectivity index (χ3n) is 7.62. The van der Waals surface area contributed by atoms with E-state index >= 15 is 0 Å². The summed E-state index contributed by atoms with van der Waals surface area (Å²) in [5.74, 6) is 0.506. The fourth-order valence-electron chi connectivity index (χ4n) is 5.71. The maximum atomic E-state index is 14.2. The number of rotatable bonds is 6. The van der Waals surface area contributed by atoms with Crippen molar-refractivity contribution >= 4 is 10.0 Å². The molecule has 1 saturated heterocycles. The van der Waals surface area contributed by atoms with Crippen LogP contribution in [0.3, 0.4) is 0 Å². The Morgan fingerprint density at radius 1 is 0.850 bits per heavy atom. The number of aromatic nitrogens is 3. The van der Waals surface area contributed by atoms with Crippen molar-refractivity contribution in [3.05, 3.63) is 128 Å². The normalized spacial score (nSPS) is 19.0. The lowest BCUT2D eigenvalue weighted by atomic mass is 9.95. The van der Waals surface area contributed by atoms with Gasteiger partial charge in [-0.2, -0.15) is 4.31 Å². The summed E-state index contributed by atoms with van der Waals surface area (Å²) < 4.78 is 39.8. The second-order valence-corrected chi connectivity index (χ2v) is 12.1. The van der Waals surface area contributed by atoms with Gasteiger partial charge in [0.1, 0.15) is 12.3 Å². The number of ether oxygens (including phenoxy) is 1. The quantitative estimate of drug-likeness (QED) is 0.360. The van der Waals surface area contributed by atoms with Crippen molar-refractivity contribution in [1.82, 2.24) is 18.2 Å². The van der Waals surface area contributed by atoms with Gasteiger partial charge in [0.2, 0.25) is 10.0 Å². The zero-order valence-electron chi connectivity index (χ0n) is 22.5. The molecule has 0 amide bonds. The average molecular weight is 559 g/mol. The second kappa shape index (κ2) is 9.79. The highest BCUT2D eigenvalue weighted by molar-refractivity contribution is 7.89. The SMILES string of the molecule is CCOC1=C2[C@H](c3ccc(C)cc3)N(S(=O)(=O)c3ccc(C)cc3)C[C@H]2n2c(=O)n(-c3ccccc3)c(=O)n2C1. The van der Waals surface area contributed by atoms with Crippen molar-refractivity contribution in [2.45, 2.75) is 44.3 Å².